The van der Waals surface area contributed by atoms with Crippen molar-refractivity contribution in [3.8, 4) is 5.75 Å². The number of hydrogen-bond donors (Lipinski definition) is 0. The Morgan fingerprint density at radius 1 is 1.12 bits per heavy atom. The SMILES string of the molecule is CCOc1ccccc1N1CCN(C(=O)c2c(F)cccc2Cl)CC1. The minimum atomic E-state index is -0.582. The zero-order chi connectivity index (χ0) is 17.8. The van der Waals surface area contributed by atoms with Crippen LogP contribution in [0.1, 0.15) is 17.3 Å². The lowest BCUT2D eigenvalue weighted by Crippen LogP contribution is -2.49. The minimum Gasteiger partial charge on any atom is -0.492 e. The molecular formula is C19H20ClFN2O2. The topological polar surface area (TPSA) is 32.8 Å². The molecule has 0 radical (unpaired) electrons. The Kier molecular flexibility index (Phi) is 5.43. The molecule has 6 heteroatoms. The molecule has 0 spiro atoms. The molecule has 0 saturated carbocycles. The molecule has 1 aliphatic rings. The van der Waals surface area contributed by atoms with Crippen LogP contribution in [0.4, 0.5) is 10.1 Å². The number of nitrogens with zero attached hydrogens (tertiary/aromatic N) is 2. The smallest absolute Gasteiger partial charge is 0.258 e. The van der Waals surface area contributed by atoms with Crippen molar-refractivity contribution in [1.82, 2.24) is 4.90 Å². The summed E-state index contributed by atoms with van der Waals surface area (Å²) in [4.78, 5) is 16.4. The van der Waals surface area contributed by atoms with Crippen LogP contribution in [0.5, 0.6) is 5.75 Å². The number of carbonyl (C=O) groups is 1. The zero-order valence-corrected chi connectivity index (χ0v) is 14.8. The lowest BCUT2D eigenvalue weighted by molar-refractivity contribution is 0.0742. The van der Waals surface area contributed by atoms with Crippen molar-refractivity contribution < 1.29 is 13.9 Å². The van der Waals surface area contributed by atoms with Gasteiger partial charge in [-0.05, 0) is 31.2 Å². The van der Waals surface area contributed by atoms with E-state index in [1.54, 1.807) is 4.90 Å². The van der Waals surface area contributed by atoms with E-state index in [1.165, 1.54) is 18.2 Å². The van der Waals surface area contributed by atoms with E-state index in [0.29, 0.717) is 32.8 Å². The number of hydrogen-bond acceptors (Lipinski definition) is 3. The van der Waals surface area contributed by atoms with Crippen molar-refractivity contribution in [2.75, 3.05) is 37.7 Å². The van der Waals surface area contributed by atoms with Crippen molar-refractivity contribution in [2.24, 2.45) is 0 Å². The maximum atomic E-state index is 14.0. The van der Waals surface area contributed by atoms with Crippen LogP contribution in [0.25, 0.3) is 0 Å². The number of amides is 1. The first-order valence-corrected chi connectivity index (χ1v) is 8.69. The Morgan fingerprint density at radius 2 is 1.84 bits per heavy atom. The Morgan fingerprint density at radius 3 is 2.52 bits per heavy atom. The van der Waals surface area contributed by atoms with Crippen LogP contribution in [0, 0.1) is 5.82 Å². The summed E-state index contributed by atoms with van der Waals surface area (Å²) in [6, 6.07) is 12.1. The highest BCUT2D eigenvalue weighted by Crippen LogP contribution is 2.29. The highest BCUT2D eigenvalue weighted by Gasteiger charge is 2.26. The van der Waals surface area contributed by atoms with E-state index in [1.807, 2.05) is 31.2 Å². The molecule has 1 fully saturated rings. The molecule has 0 aliphatic carbocycles. The molecule has 1 amide bonds. The molecular weight excluding hydrogens is 343 g/mol. The van der Waals surface area contributed by atoms with Crippen LogP contribution < -0.4 is 9.64 Å². The maximum absolute atomic E-state index is 14.0. The van der Waals surface area contributed by atoms with Crippen LogP contribution in [0.2, 0.25) is 5.02 Å². The van der Waals surface area contributed by atoms with Crippen LogP contribution in [-0.4, -0.2) is 43.6 Å². The van der Waals surface area contributed by atoms with Gasteiger partial charge in [-0.2, -0.15) is 0 Å². The standard InChI is InChI=1S/C19H20ClFN2O2/c1-2-25-17-9-4-3-8-16(17)22-10-12-23(13-11-22)19(24)18-14(20)6-5-7-15(18)21/h3-9H,2,10-13H2,1H3. The van der Waals surface area contributed by atoms with Gasteiger partial charge in [0.25, 0.3) is 5.91 Å². The first kappa shape index (κ1) is 17.5. The average Bonchev–Trinajstić information content (AvgIpc) is 2.62. The van der Waals surface area contributed by atoms with Gasteiger partial charge in [0.1, 0.15) is 11.6 Å². The summed E-state index contributed by atoms with van der Waals surface area (Å²) in [5.74, 6) is -0.107. The van der Waals surface area contributed by atoms with Crippen molar-refractivity contribution in [3.63, 3.8) is 0 Å². The van der Waals surface area contributed by atoms with E-state index < -0.39 is 5.82 Å². The summed E-state index contributed by atoms with van der Waals surface area (Å²) in [5, 5.41) is 0.147. The van der Waals surface area contributed by atoms with Crippen molar-refractivity contribution in [3.05, 3.63) is 58.9 Å². The minimum absolute atomic E-state index is 0.0488. The second-order valence-electron chi connectivity index (χ2n) is 5.78. The summed E-state index contributed by atoms with van der Waals surface area (Å²) in [6.07, 6.45) is 0. The number of para-hydroxylation sites is 2. The summed E-state index contributed by atoms with van der Waals surface area (Å²) >= 11 is 6.01. The number of benzene rings is 2. The summed E-state index contributed by atoms with van der Waals surface area (Å²) in [5.41, 5.74) is 0.965. The molecule has 1 saturated heterocycles. The van der Waals surface area contributed by atoms with Gasteiger partial charge in [-0.15, -0.1) is 0 Å². The second kappa shape index (κ2) is 7.74. The molecule has 132 valence electrons. The third-order valence-corrected chi connectivity index (χ3v) is 4.56. The van der Waals surface area contributed by atoms with Gasteiger partial charge in [0.2, 0.25) is 0 Å². The van der Waals surface area contributed by atoms with Crippen LogP contribution >= 0.6 is 11.6 Å². The number of halogens is 2. The quantitative estimate of drug-likeness (QED) is 0.828. The van der Waals surface area contributed by atoms with Crippen LogP contribution in [0.3, 0.4) is 0 Å². The monoisotopic (exact) mass is 362 g/mol. The van der Waals surface area contributed by atoms with Crippen molar-refractivity contribution >= 4 is 23.2 Å². The lowest BCUT2D eigenvalue weighted by Gasteiger charge is -2.36. The summed E-state index contributed by atoms with van der Waals surface area (Å²) < 4.78 is 19.7. The molecule has 4 nitrogen and oxygen atoms in total. The van der Waals surface area contributed by atoms with E-state index in [-0.39, 0.29) is 16.5 Å². The Balaban J connectivity index is 1.71. The van der Waals surface area contributed by atoms with Gasteiger partial charge in [-0.25, -0.2) is 4.39 Å². The molecule has 1 aliphatic heterocycles. The fourth-order valence-electron chi connectivity index (χ4n) is 3.01. The predicted molar refractivity (Wildman–Crippen MR) is 97.1 cm³/mol. The molecule has 0 N–H and O–H groups in total. The van der Waals surface area contributed by atoms with E-state index in [2.05, 4.69) is 4.90 Å². The first-order valence-electron chi connectivity index (χ1n) is 8.32. The van der Waals surface area contributed by atoms with Gasteiger partial charge in [0.05, 0.1) is 22.9 Å². The normalized spacial score (nSPS) is 14.5. The molecule has 1 heterocycles. The van der Waals surface area contributed by atoms with Gasteiger partial charge in [0, 0.05) is 26.2 Å². The van der Waals surface area contributed by atoms with E-state index in [9.17, 15) is 9.18 Å². The molecule has 25 heavy (non-hydrogen) atoms. The number of carbonyl (C=O) groups excluding carboxylic acids is 1. The number of anilines is 1. The van der Waals surface area contributed by atoms with Crippen LogP contribution in [-0.2, 0) is 0 Å². The molecule has 2 aromatic rings. The van der Waals surface area contributed by atoms with E-state index in [4.69, 9.17) is 16.3 Å². The zero-order valence-electron chi connectivity index (χ0n) is 14.0. The van der Waals surface area contributed by atoms with Gasteiger partial charge in [-0.3, -0.25) is 4.79 Å². The van der Waals surface area contributed by atoms with Gasteiger partial charge >= 0.3 is 0 Å². The van der Waals surface area contributed by atoms with Crippen molar-refractivity contribution in [1.29, 1.82) is 0 Å². The molecule has 2 aromatic carbocycles. The Hall–Kier alpha value is -2.27. The number of rotatable bonds is 4. The lowest BCUT2D eigenvalue weighted by atomic mass is 10.1. The van der Waals surface area contributed by atoms with E-state index in [0.717, 1.165) is 11.4 Å². The fraction of sp³-hybridized carbons (Fsp3) is 0.316. The number of piperazine rings is 1. The summed E-state index contributed by atoms with van der Waals surface area (Å²) in [6.45, 7) is 4.87. The predicted octanol–water partition coefficient (Wildman–Crippen LogP) is 3.84. The largest absolute Gasteiger partial charge is 0.492 e. The Labute approximate surface area is 151 Å². The van der Waals surface area contributed by atoms with Crippen LogP contribution in [0.15, 0.2) is 42.5 Å². The molecule has 0 bridgehead atoms. The molecule has 0 atom stereocenters. The van der Waals surface area contributed by atoms with Crippen molar-refractivity contribution in [2.45, 2.75) is 6.92 Å². The highest BCUT2D eigenvalue weighted by atomic mass is 35.5. The third-order valence-electron chi connectivity index (χ3n) is 4.25. The highest BCUT2D eigenvalue weighted by molar-refractivity contribution is 6.33. The molecule has 3 rings (SSSR count). The molecule has 0 unspecified atom stereocenters. The first-order chi connectivity index (χ1) is 12.1. The second-order valence-corrected chi connectivity index (χ2v) is 6.18. The third kappa shape index (κ3) is 3.71. The summed E-state index contributed by atoms with van der Waals surface area (Å²) in [7, 11) is 0. The van der Waals surface area contributed by atoms with Gasteiger partial charge < -0.3 is 14.5 Å². The van der Waals surface area contributed by atoms with E-state index >= 15 is 0 Å². The maximum Gasteiger partial charge on any atom is 0.258 e. The molecule has 0 aromatic heterocycles. The fourth-order valence-corrected chi connectivity index (χ4v) is 3.25. The van der Waals surface area contributed by atoms with Gasteiger partial charge in [-0.1, -0.05) is 29.8 Å². The number of ether oxygens (including phenoxy) is 1. The van der Waals surface area contributed by atoms with Gasteiger partial charge in [0.15, 0.2) is 0 Å². The Bertz CT molecular complexity index is 741. The average molecular weight is 363 g/mol.